The molecular weight excluding hydrogens is 400 g/mol. The molecule has 0 fully saturated rings. The Balaban J connectivity index is 1.57. The molecule has 0 aliphatic heterocycles. The number of aryl methyl sites for hydroxylation is 1. The van der Waals surface area contributed by atoms with Gasteiger partial charge in [-0.05, 0) is 30.3 Å². The number of hydrogen-bond donors (Lipinski definition) is 1. The number of nitro benzene ring substituents is 1. The van der Waals surface area contributed by atoms with E-state index in [0.29, 0.717) is 28.5 Å². The first kappa shape index (κ1) is 19.8. The van der Waals surface area contributed by atoms with E-state index >= 15 is 0 Å². The molecule has 0 saturated heterocycles. The lowest BCUT2D eigenvalue weighted by Crippen LogP contribution is -2.25. The molecule has 4 rings (SSSR count). The van der Waals surface area contributed by atoms with Gasteiger partial charge in [0.05, 0.1) is 41.5 Å². The van der Waals surface area contributed by atoms with Crippen LogP contribution in [-0.4, -0.2) is 31.4 Å². The van der Waals surface area contributed by atoms with Crippen LogP contribution in [0.2, 0.25) is 0 Å². The van der Waals surface area contributed by atoms with Gasteiger partial charge in [-0.15, -0.1) is 0 Å². The van der Waals surface area contributed by atoms with Crippen LogP contribution in [0.1, 0.15) is 21.9 Å². The van der Waals surface area contributed by atoms with Crippen molar-refractivity contribution in [1.82, 2.24) is 19.7 Å². The third kappa shape index (κ3) is 4.27. The van der Waals surface area contributed by atoms with Gasteiger partial charge in [0, 0.05) is 25.4 Å². The Morgan fingerprint density at radius 3 is 2.94 bits per heavy atom. The number of aromatic nitrogens is 3. The van der Waals surface area contributed by atoms with Crippen LogP contribution in [0, 0.1) is 10.1 Å². The molecule has 0 aliphatic rings. The maximum Gasteiger partial charge on any atom is 0.272 e. The monoisotopic (exact) mass is 418 g/mol. The quantitative estimate of drug-likeness (QED) is 0.280. The molecule has 1 N–H and O–H groups in total. The summed E-state index contributed by atoms with van der Waals surface area (Å²) in [5, 5.41) is 18.0. The van der Waals surface area contributed by atoms with Crippen LogP contribution in [0.5, 0.6) is 0 Å². The van der Waals surface area contributed by atoms with Crippen molar-refractivity contribution in [2.24, 2.45) is 12.0 Å². The first-order chi connectivity index (χ1) is 15.0. The second-order valence-corrected chi connectivity index (χ2v) is 6.60. The summed E-state index contributed by atoms with van der Waals surface area (Å²) in [5.41, 5.74) is 2.01. The zero-order valence-corrected chi connectivity index (χ0v) is 16.5. The number of rotatable bonds is 7. The standard InChI is InChI=1S/C21H18N6O4/c1-25-20(21(28)23-13-18-8-4-10-31-18)19(14-24-25)22-12-17-7-3-9-26(17)15-5-2-6-16(11-15)27(29)30/h2-12,14H,13H2,1H3,(H,23,28). The molecule has 0 radical (unpaired) electrons. The number of aliphatic imine (C=N–C) groups is 1. The summed E-state index contributed by atoms with van der Waals surface area (Å²) >= 11 is 0. The summed E-state index contributed by atoms with van der Waals surface area (Å²) in [6.07, 6.45) is 6.40. The Hall–Kier alpha value is -4.47. The Bertz CT molecular complexity index is 1250. The van der Waals surface area contributed by atoms with Gasteiger partial charge in [0.2, 0.25) is 0 Å². The fourth-order valence-electron chi connectivity index (χ4n) is 3.07. The first-order valence-corrected chi connectivity index (χ1v) is 9.32. The molecule has 156 valence electrons. The van der Waals surface area contributed by atoms with E-state index < -0.39 is 4.92 Å². The molecule has 3 aromatic heterocycles. The van der Waals surface area contributed by atoms with E-state index in [9.17, 15) is 14.9 Å². The fourth-order valence-corrected chi connectivity index (χ4v) is 3.07. The Morgan fingerprint density at radius 1 is 1.29 bits per heavy atom. The molecule has 4 aromatic rings. The lowest BCUT2D eigenvalue weighted by molar-refractivity contribution is -0.384. The summed E-state index contributed by atoms with van der Waals surface area (Å²) in [6.45, 7) is 0.246. The predicted octanol–water partition coefficient (Wildman–Crippen LogP) is 3.39. The molecule has 10 heteroatoms. The summed E-state index contributed by atoms with van der Waals surface area (Å²) in [4.78, 5) is 27.7. The third-order valence-electron chi connectivity index (χ3n) is 4.57. The highest BCUT2D eigenvalue weighted by atomic mass is 16.6. The van der Waals surface area contributed by atoms with Crippen molar-refractivity contribution in [2.75, 3.05) is 0 Å². The summed E-state index contributed by atoms with van der Waals surface area (Å²) in [5.74, 6) is 0.299. The van der Waals surface area contributed by atoms with Gasteiger partial charge in [0.25, 0.3) is 11.6 Å². The lowest BCUT2D eigenvalue weighted by Gasteiger charge is -2.06. The average Bonchev–Trinajstić information content (AvgIpc) is 3.52. The van der Waals surface area contributed by atoms with Crippen LogP contribution >= 0.6 is 0 Å². The zero-order chi connectivity index (χ0) is 21.8. The van der Waals surface area contributed by atoms with E-state index in [-0.39, 0.29) is 18.1 Å². The number of benzene rings is 1. The highest BCUT2D eigenvalue weighted by molar-refractivity contribution is 5.98. The number of nitro groups is 1. The number of carbonyl (C=O) groups is 1. The summed E-state index contributed by atoms with van der Waals surface area (Å²) in [7, 11) is 1.66. The van der Waals surface area contributed by atoms with Crippen molar-refractivity contribution < 1.29 is 14.1 Å². The molecule has 10 nitrogen and oxygen atoms in total. The number of furan rings is 1. The number of non-ortho nitro benzene ring substituents is 1. The van der Waals surface area contributed by atoms with E-state index in [4.69, 9.17) is 4.42 Å². The van der Waals surface area contributed by atoms with Crippen molar-refractivity contribution >= 4 is 23.5 Å². The molecule has 31 heavy (non-hydrogen) atoms. The van der Waals surface area contributed by atoms with Gasteiger partial charge < -0.3 is 14.3 Å². The first-order valence-electron chi connectivity index (χ1n) is 9.32. The Kier molecular flexibility index (Phi) is 5.43. The normalized spacial score (nSPS) is 11.1. The molecule has 0 saturated carbocycles. The van der Waals surface area contributed by atoms with Crippen molar-refractivity contribution in [2.45, 2.75) is 6.54 Å². The average molecular weight is 418 g/mol. The second-order valence-electron chi connectivity index (χ2n) is 6.60. The second kappa shape index (κ2) is 8.49. The largest absolute Gasteiger partial charge is 0.467 e. The van der Waals surface area contributed by atoms with E-state index in [0.717, 1.165) is 0 Å². The zero-order valence-electron chi connectivity index (χ0n) is 16.5. The third-order valence-corrected chi connectivity index (χ3v) is 4.57. The smallest absolute Gasteiger partial charge is 0.272 e. The van der Waals surface area contributed by atoms with Gasteiger partial charge >= 0.3 is 0 Å². The van der Waals surface area contributed by atoms with E-state index in [1.807, 2.05) is 6.07 Å². The number of hydrogen-bond acceptors (Lipinski definition) is 6. The number of carbonyl (C=O) groups excluding carboxylic acids is 1. The summed E-state index contributed by atoms with van der Waals surface area (Å²) < 4.78 is 8.44. The maximum atomic E-state index is 12.6. The van der Waals surface area contributed by atoms with Gasteiger partial charge in [-0.2, -0.15) is 5.10 Å². The van der Waals surface area contributed by atoms with Crippen LogP contribution in [0.4, 0.5) is 11.4 Å². The van der Waals surface area contributed by atoms with Crippen molar-refractivity contribution in [1.29, 1.82) is 0 Å². The Labute approximate surface area is 176 Å². The minimum Gasteiger partial charge on any atom is -0.467 e. The van der Waals surface area contributed by atoms with E-state index in [1.165, 1.54) is 29.3 Å². The number of amides is 1. The molecule has 0 aliphatic carbocycles. The minimum absolute atomic E-state index is 0.00291. The SMILES string of the molecule is Cn1ncc(N=Cc2cccn2-c2cccc([N+](=O)[O-])c2)c1C(=O)NCc1ccco1. The molecule has 0 spiro atoms. The highest BCUT2D eigenvalue weighted by Gasteiger charge is 2.17. The van der Waals surface area contributed by atoms with Gasteiger partial charge in [-0.1, -0.05) is 6.07 Å². The molecule has 3 heterocycles. The van der Waals surface area contributed by atoms with Crippen molar-refractivity contribution in [3.63, 3.8) is 0 Å². The topological polar surface area (TPSA) is 120 Å². The predicted molar refractivity (Wildman–Crippen MR) is 113 cm³/mol. The molecule has 0 bridgehead atoms. The van der Waals surface area contributed by atoms with Crippen LogP contribution in [0.25, 0.3) is 5.69 Å². The van der Waals surface area contributed by atoms with Crippen molar-refractivity contribution in [3.05, 3.63) is 94.5 Å². The minimum atomic E-state index is -0.440. The van der Waals surface area contributed by atoms with Crippen LogP contribution in [0.15, 0.2) is 76.6 Å². The van der Waals surface area contributed by atoms with Gasteiger partial charge in [0.1, 0.15) is 11.4 Å². The molecule has 1 amide bonds. The maximum absolute atomic E-state index is 12.6. The van der Waals surface area contributed by atoms with Gasteiger partial charge in [-0.3, -0.25) is 24.6 Å². The van der Waals surface area contributed by atoms with Crippen molar-refractivity contribution in [3.8, 4) is 5.69 Å². The van der Waals surface area contributed by atoms with E-state index in [2.05, 4.69) is 15.4 Å². The van der Waals surface area contributed by atoms with Crippen LogP contribution in [-0.2, 0) is 13.6 Å². The fraction of sp³-hybridized carbons (Fsp3) is 0.0952. The summed E-state index contributed by atoms with van der Waals surface area (Å²) in [6, 6.07) is 13.4. The van der Waals surface area contributed by atoms with Gasteiger partial charge in [0.15, 0.2) is 5.69 Å². The van der Waals surface area contributed by atoms with Crippen LogP contribution < -0.4 is 5.32 Å². The Morgan fingerprint density at radius 2 is 2.16 bits per heavy atom. The van der Waals surface area contributed by atoms with E-state index in [1.54, 1.807) is 54.4 Å². The molecule has 1 aromatic carbocycles. The lowest BCUT2D eigenvalue weighted by atomic mass is 10.2. The molecule has 0 unspecified atom stereocenters. The van der Waals surface area contributed by atoms with Crippen LogP contribution in [0.3, 0.4) is 0 Å². The highest BCUT2D eigenvalue weighted by Crippen LogP contribution is 2.21. The van der Waals surface area contributed by atoms with Gasteiger partial charge in [-0.25, -0.2) is 0 Å². The number of nitrogens with zero attached hydrogens (tertiary/aromatic N) is 5. The molecular formula is C21H18N6O4. The number of nitrogens with one attached hydrogen (secondary N) is 1. The molecule has 0 atom stereocenters.